The number of amides is 1. The van der Waals surface area contributed by atoms with Crippen LogP contribution in [0.25, 0.3) is 10.9 Å². The van der Waals surface area contributed by atoms with Crippen molar-refractivity contribution < 1.29 is 14.3 Å². The van der Waals surface area contributed by atoms with Crippen LogP contribution in [0.15, 0.2) is 59.4 Å². The summed E-state index contributed by atoms with van der Waals surface area (Å²) in [6.07, 6.45) is 1.49. The van der Waals surface area contributed by atoms with Gasteiger partial charge in [-0.05, 0) is 25.1 Å². The number of hydrogen-bond acceptors (Lipinski definition) is 4. The highest BCUT2D eigenvalue weighted by molar-refractivity contribution is 6.06. The highest BCUT2D eigenvalue weighted by atomic mass is 16.5. The number of carbonyl (C=O) groups excluding carboxylic acids is 1. The maximum absolute atomic E-state index is 13.2. The predicted octanol–water partition coefficient (Wildman–Crippen LogP) is 3.62. The summed E-state index contributed by atoms with van der Waals surface area (Å²) in [5.74, 6) is 1.38. The third-order valence-corrected chi connectivity index (χ3v) is 5.56. The van der Waals surface area contributed by atoms with Gasteiger partial charge in [0.1, 0.15) is 6.10 Å². The molecule has 3 aromatic rings. The Morgan fingerprint density at radius 3 is 2.43 bits per heavy atom. The first kappa shape index (κ1) is 20.0. The van der Waals surface area contributed by atoms with Gasteiger partial charge in [-0.3, -0.25) is 9.59 Å². The molecule has 2 aromatic carbocycles. The minimum Gasteiger partial charge on any atom is -0.490 e. The molecule has 1 aliphatic rings. The minimum absolute atomic E-state index is 0.0241. The molecule has 0 bridgehead atoms. The van der Waals surface area contributed by atoms with Gasteiger partial charge >= 0.3 is 0 Å². The van der Waals surface area contributed by atoms with Gasteiger partial charge in [0.25, 0.3) is 11.5 Å². The van der Waals surface area contributed by atoms with E-state index in [4.69, 9.17) is 9.47 Å². The molecule has 6 nitrogen and oxygen atoms in total. The summed E-state index contributed by atoms with van der Waals surface area (Å²) in [5, 5.41) is 0.800. The molecule has 4 rings (SSSR count). The largest absolute Gasteiger partial charge is 0.490 e. The summed E-state index contributed by atoms with van der Waals surface area (Å²) in [7, 11) is 1.72. The summed E-state index contributed by atoms with van der Waals surface area (Å²) in [6, 6.07) is 16.6. The second-order valence-corrected chi connectivity index (χ2v) is 7.46. The molecule has 0 saturated carbocycles. The zero-order valence-electron chi connectivity index (χ0n) is 17.3. The number of benzene rings is 2. The van der Waals surface area contributed by atoms with E-state index in [2.05, 4.69) is 0 Å². The number of carbonyl (C=O) groups is 1. The topological polar surface area (TPSA) is 60.8 Å². The molecule has 0 radical (unpaired) electrons. The average molecular weight is 406 g/mol. The number of rotatable bonds is 5. The van der Waals surface area contributed by atoms with E-state index < -0.39 is 0 Å². The Morgan fingerprint density at radius 1 is 1.03 bits per heavy atom. The van der Waals surface area contributed by atoms with E-state index in [0.29, 0.717) is 25.3 Å². The van der Waals surface area contributed by atoms with Crippen molar-refractivity contribution in [2.24, 2.45) is 7.05 Å². The Hall–Kier alpha value is -3.28. The molecule has 2 heterocycles. The second kappa shape index (κ2) is 8.61. The first-order valence-corrected chi connectivity index (χ1v) is 10.3. The van der Waals surface area contributed by atoms with Crippen molar-refractivity contribution in [3.05, 3.63) is 70.5 Å². The van der Waals surface area contributed by atoms with Gasteiger partial charge in [0, 0.05) is 44.4 Å². The maximum atomic E-state index is 13.2. The van der Waals surface area contributed by atoms with E-state index in [0.717, 1.165) is 35.2 Å². The molecule has 1 fully saturated rings. The van der Waals surface area contributed by atoms with Gasteiger partial charge in [-0.25, -0.2) is 0 Å². The van der Waals surface area contributed by atoms with E-state index in [1.54, 1.807) is 11.6 Å². The number of piperidine rings is 1. The Balaban J connectivity index is 1.48. The fraction of sp³-hybridized carbons (Fsp3) is 0.333. The summed E-state index contributed by atoms with van der Waals surface area (Å²) in [6.45, 7) is 3.70. The van der Waals surface area contributed by atoms with Crippen molar-refractivity contribution in [3.8, 4) is 11.5 Å². The first-order valence-electron chi connectivity index (χ1n) is 10.3. The molecule has 6 heteroatoms. The maximum Gasteiger partial charge on any atom is 0.254 e. The monoisotopic (exact) mass is 406 g/mol. The van der Waals surface area contributed by atoms with E-state index in [-0.39, 0.29) is 17.6 Å². The van der Waals surface area contributed by atoms with E-state index in [1.165, 1.54) is 6.07 Å². The van der Waals surface area contributed by atoms with Crippen molar-refractivity contribution in [1.82, 2.24) is 9.47 Å². The smallest absolute Gasteiger partial charge is 0.254 e. The third kappa shape index (κ3) is 3.90. The lowest BCUT2D eigenvalue weighted by Gasteiger charge is -2.32. The van der Waals surface area contributed by atoms with Crippen molar-refractivity contribution in [2.45, 2.75) is 25.9 Å². The van der Waals surface area contributed by atoms with Crippen LogP contribution in [-0.2, 0) is 7.05 Å². The van der Waals surface area contributed by atoms with Crippen LogP contribution in [0.1, 0.15) is 30.1 Å². The Labute approximate surface area is 175 Å². The molecule has 0 unspecified atom stereocenters. The van der Waals surface area contributed by atoms with Gasteiger partial charge in [0.2, 0.25) is 0 Å². The van der Waals surface area contributed by atoms with Gasteiger partial charge in [-0.1, -0.05) is 30.3 Å². The van der Waals surface area contributed by atoms with Crippen LogP contribution in [-0.4, -0.2) is 41.2 Å². The van der Waals surface area contributed by atoms with Crippen molar-refractivity contribution in [2.75, 3.05) is 19.7 Å². The number of fused-ring (bicyclic) bond motifs is 1. The molecule has 0 aliphatic carbocycles. The molecule has 1 amide bonds. The first-order chi connectivity index (χ1) is 14.6. The molecule has 1 aromatic heterocycles. The zero-order valence-corrected chi connectivity index (χ0v) is 17.3. The molecule has 0 N–H and O–H groups in total. The number of aromatic nitrogens is 1. The lowest BCUT2D eigenvalue weighted by Crippen LogP contribution is -2.42. The van der Waals surface area contributed by atoms with Crippen LogP contribution >= 0.6 is 0 Å². The zero-order chi connectivity index (χ0) is 21.1. The van der Waals surface area contributed by atoms with Gasteiger partial charge in [-0.15, -0.1) is 0 Å². The van der Waals surface area contributed by atoms with Crippen LogP contribution in [0.3, 0.4) is 0 Å². The number of nitrogens with zero attached hydrogens (tertiary/aromatic N) is 2. The fourth-order valence-corrected chi connectivity index (χ4v) is 3.94. The molecule has 1 aliphatic heterocycles. The van der Waals surface area contributed by atoms with Gasteiger partial charge < -0.3 is 18.9 Å². The minimum atomic E-state index is -0.178. The number of aryl methyl sites for hydroxylation is 1. The average Bonchev–Trinajstić information content (AvgIpc) is 2.78. The molecular formula is C24H26N2O4. The third-order valence-electron chi connectivity index (χ3n) is 5.56. The van der Waals surface area contributed by atoms with E-state index >= 15 is 0 Å². The summed E-state index contributed by atoms with van der Waals surface area (Å²) >= 11 is 0. The van der Waals surface area contributed by atoms with Crippen molar-refractivity contribution >= 4 is 16.8 Å². The number of hydrogen-bond donors (Lipinski definition) is 0. The number of para-hydroxylation sites is 3. The number of ether oxygens (including phenoxy) is 2. The molecular weight excluding hydrogens is 380 g/mol. The van der Waals surface area contributed by atoms with E-state index in [9.17, 15) is 9.59 Å². The highest BCUT2D eigenvalue weighted by Crippen LogP contribution is 2.30. The lowest BCUT2D eigenvalue weighted by molar-refractivity contribution is 0.0591. The Morgan fingerprint density at radius 2 is 1.70 bits per heavy atom. The summed E-state index contributed by atoms with van der Waals surface area (Å²) in [5.41, 5.74) is 1.05. The molecule has 1 saturated heterocycles. The number of pyridine rings is 1. The molecule has 0 spiro atoms. The summed E-state index contributed by atoms with van der Waals surface area (Å²) in [4.78, 5) is 27.4. The SMILES string of the molecule is CCOc1ccccc1OC1CCN(C(=O)c2cc(=O)n(C)c3ccccc23)CC1. The van der Waals surface area contributed by atoms with Crippen LogP contribution in [0.5, 0.6) is 11.5 Å². The molecule has 156 valence electrons. The normalized spacial score (nSPS) is 14.7. The van der Waals surface area contributed by atoms with Gasteiger partial charge in [-0.2, -0.15) is 0 Å². The second-order valence-electron chi connectivity index (χ2n) is 7.46. The van der Waals surface area contributed by atoms with Crippen LogP contribution in [0.4, 0.5) is 0 Å². The quantitative estimate of drug-likeness (QED) is 0.649. The standard InChI is InChI=1S/C24H26N2O4/c1-3-29-21-10-6-7-11-22(21)30-17-12-14-26(15-13-17)24(28)19-16-23(27)25(2)20-9-5-4-8-18(19)20/h4-11,16-17H,3,12-15H2,1-2H3. The molecule has 0 atom stereocenters. The Kier molecular flexibility index (Phi) is 5.74. The Bertz CT molecular complexity index is 1110. The van der Waals surface area contributed by atoms with Gasteiger partial charge in [0.05, 0.1) is 17.7 Å². The van der Waals surface area contributed by atoms with E-state index in [1.807, 2.05) is 60.4 Å². The fourth-order valence-electron chi connectivity index (χ4n) is 3.94. The van der Waals surface area contributed by atoms with Crippen LogP contribution in [0, 0.1) is 0 Å². The van der Waals surface area contributed by atoms with Crippen LogP contribution in [0.2, 0.25) is 0 Å². The summed E-state index contributed by atoms with van der Waals surface area (Å²) < 4.78 is 13.4. The molecule has 30 heavy (non-hydrogen) atoms. The predicted molar refractivity (Wildman–Crippen MR) is 116 cm³/mol. The van der Waals surface area contributed by atoms with Gasteiger partial charge in [0.15, 0.2) is 11.5 Å². The van der Waals surface area contributed by atoms with Crippen molar-refractivity contribution in [1.29, 1.82) is 0 Å². The van der Waals surface area contributed by atoms with Crippen LogP contribution < -0.4 is 15.0 Å². The number of likely N-dealkylation sites (tertiary alicyclic amines) is 1. The lowest BCUT2D eigenvalue weighted by atomic mass is 10.0. The van der Waals surface area contributed by atoms with Crippen molar-refractivity contribution in [3.63, 3.8) is 0 Å². The highest BCUT2D eigenvalue weighted by Gasteiger charge is 2.26.